The summed E-state index contributed by atoms with van der Waals surface area (Å²) in [6.45, 7) is 1.91. The zero-order chi connectivity index (χ0) is 19.3. The number of fused-ring (bicyclic) bond motifs is 1. The molecule has 0 aromatic heterocycles. The van der Waals surface area contributed by atoms with Gasteiger partial charge in [-0.1, -0.05) is 40.5 Å². The number of benzene rings is 2. The third-order valence-electron chi connectivity index (χ3n) is 4.93. The minimum absolute atomic E-state index is 0.123. The first-order valence-electron chi connectivity index (χ1n) is 8.24. The second kappa shape index (κ2) is 6.74. The molecule has 0 amide bonds. The number of sulfonamides is 1. The Hall–Kier alpha value is -1.67. The van der Waals surface area contributed by atoms with Crippen LogP contribution < -0.4 is 0 Å². The van der Waals surface area contributed by atoms with E-state index in [1.165, 1.54) is 22.5 Å². The van der Waals surface area contributed by atoms with E-state index in [9.17, 15) is 12.8 Å². The third-order valence-corrected chi connectivity index (χ3v) is 7.63. The molecule has 4 rings (SSSR count). The maximum Gasteiger partial charge on any atom is 0.243 e. The first kappa shape index (κ1) is 18.7. The SMILES string of the molecule is Cc1c(Cl)cccc1S(=O)(=O)N1CC2ON=C(c3c(F)cccc3Cl)C2C1. The van der Waals surface area contributed by atoms with Gasteiger partial charge in [0.05, 0.1) is 33.7 Å². The average molecular weight is 429 g/mol. The standard InChI is InChI=1S/C18H15Cl2FN2O3S/c1-10-12(19)4-3-7-16(10)27(24,25)23-8-11-15(9-23)26-22-18(11)17-13(20)5-2-6-14(17)21/h2-7,11,15H,8-9H2,1H3. The molecule has 2 atom stereocenters. The lowest BCUT2D eigenvalue weighted by atomic mass is 9.94. The van der Waals surface area contributed by atoms with Gasteiger partial charge in [0.1, 0.15) is 5.82 Å². The number of nitrogens with zero attached hydrogens (tertiary/aromatic N) is 2. The molecule has 2 aliphatic heterocycles. The molecule has 0 aliphatic carbocycles. The molecule has 0 radical (unpaired) electrons. The Bertz CT molecular complexity index is 1040. The van der Waals surface area contributed by atoms with Crippen LogP contribution in [0.4, 0.5) is 4.39 Å². The second-order valence-corrected chi connectivity index (χ2v) is 9.23. The molecular formula is C18H15Cl2FN2O3S. The Labute approximate surface area is 166 Å². The van der Waals surface area contributed by atoms with Gasteiger partial charge < -0.3 is 4.84 Å². The molecule has 2 aliphatic rings. The number of halogens is 3. The molecule has 0 saturated carbocycles. The van der Waals surface area contributed by atoms with Crippen molar-refractivity contribution in [1.29, 1.82) is 0 Å². The van der Waals surface area contributed by atoms with Crippen molar-refractivity contribution in [2.24, 2.45) is 11.1 Å². The molecule has 0 spiro atoms. The fourth-order valence-corrected chi connectivity index (χ4v) is 5.69. The quantitative estimate of drug-likeness (QED) is 0.745. The first-order valence-corrected chi connectivity index (χ1v) is 10.4. The fourth-order valence-electron chi connectivity index (χ4n) is 3.48. The Morgan fingerprint density at radius 2 is 1.85 bits per heavy atom. The largest absolute Gasteiger partial charge is 0.390 e. The smallest absolute Gasteiger partial charge is 0.243 e. The van der Waals surface area contributed by atoms with E-state index < -0.39 is 27.9 Å². The Morgan fingerprint density at radius 3 is 2.59 bits per heavy atom. The summed E-state index contributed by atoms with van der Waals surface area (Å²) in [5, 5.41) is 4.58. The van der Waals surface area contributed by atoms with Gasteiger partial charge in [-0.3, -0.25) is 0 Å². The molecule has 9 heteroatoms. The Balaban J connectivity index is 1.66. The molecule has 2 heterocycles. The van der Waals surface area contributed by atoms with E-state index in [4.69, 9.17) is 28.0 Å². The van der Waals surface area contributed by atoms with Crippen molar-refractivity contribution in [1.82, 2.24) is 4.31 Å². The molecule has 1 fully saturated rings. The number of hydrogen-bond acceptors (Lipinski definition) is 4. The third kappa shape index (κ3) is 3.02. The van der Waals surface area contributed by atoms with Crippen LogP contribution in [0.2, 0.25) is 10.0 Å². The van der Waals surface area contributed by atoms with Crippen LogP contribution in [0, 0.1) is 18.7 Å². The van der Waals surface area contributed by atoms with Crippen LogP contribution in [0.25, 0.3) is 0 Å². The molecule has 2 aromatic rings. The average Bonchev–Trinajstić information content (AvgIpc) is 3.19. The number of hydrogen-bond donors (Lipinski definition) is 0. The molecular weight excluding hydrogens is 414 g/mol. The van der Waals surface area contributed by atoms with Gasteiger partial charge in [0.25, 0.3) is 0 Å². The summed E-state index contributed by atoms with van der Waals surface area (Å²) in [5.41, 5.74) is 0.983. The topological polar surface area (TPSA) is 59.0 Å². The predicted molar refractivity (Wildman–Crippen MR) is 101 cm³/mol. The van der Waals surface area contributed by atoms with E-state index in [0.29, 0.717) is 16.3 Å². The zero-order valence-corrected chi connectivity index (χ0v) is 16.5. The minimum atomic E-state index is -3.77. The highest BCUT2D eigenvalue weighted by Crippen LogP contribution is 2.36. The Morgan fingerprint density at radius 1 is 1.15 bits per heavy atom. The van der Waals surface area contributed by atoms with Gasteiger partial charge in [0.2, 0.25) is 10.0 Å². The van der Waals surface area contributed by atoms with Crippen LogP contribution in [0.5, 0.6) is 0 Å². The van der Waals surface area contributed by atoms with E-state index in [0.717, 1.165) is 0 Å². The van der Waals surface area contributed by atoms with Gasteiger partial charge in [-0.05, 0) is 36.8 Å². The summed E-state index contributed by atoms with van der Waals surface area (Å²) in [5.74, 6) is -0.911. The second-order valence-electron chi connectivity index (χ2n) is 6.51. The van der Waals surface area contributed by atoms with Crippen LogP contribution >= 0.6 is 23.2 Å². The van der Waals surface area contributed by atoms with Gasteiger partial charge in [-0.2, -0.15) is 4.31 Å². The molecule has 2 unspecified atom stereocenters. The summed E-state index contributed by atoms with van der Waals surface area (Å²) in [6, 6.07) is 9.12. The van der Waals surface area contributed by atoms with Gasteiger partial charge >= 0.3 is 0 Å². The monoisotopic (exact) mass is 428 g/mol. The van der Waals surface area contributed by atoms with Crippen molar-refractivity contribution in [3.63, 3.8) is 0 Å². The van der Waals surface area contributed by atoms with Crippen LogP contribution in [-0.4, -0.2) is 37.6 Å². The van der Waals surface area contributed by atoms with E-state index in [1.54, 1.807) is 25.1 Å². The highest BCUT2D eigenvalue weighted by molar-refractivity contribution is 7.89. The number of oxime groups is 1. The van der Waals surface area contributed by atoms with Crippen molar-refractivity contribution in [3.05, 3.63) is 63.4 Å². The molecule has 5 nitrogen and oxygen atoms in total. The molecule has 2 aromatic carbocycles. The summed E-state index contributed by atoms with van der Waals surface area (Å²) in [7, 11) is -3.77. The van der Waals surface area contributed by atoms with E-state index in [1.807, 2.05) is 0 Å². The lowest BCUT2D eigenvalue weighted by molar-refractivity contribution is 0.0803. The van der Waals surface area contributed by atoms with Crippen LogP contribution in [0.1, 0.15) is 11.1 Å². The molecule has 0 bridgehead atoms. The van der Waals surface area contributed by atoms with Crippen molar-refractivity contribution < 1.29 is 17.6 Å². The van der Waals surface area contributed by atoms with E-state index in [-0.39, 0.29) is 28.6 Å². The molecule has 0 N–H and O–H groups in total. The van der Waals surface area contributed by atoms with Crippen molar-refractivity contribution >= 4 is 38.9 Å². The summed E-state index contributed by atoms with van der Waals surface area (Å²) in [6.07, 6.45) is -0.482. The summed E-state index contributed by atoms with van der Waals surface area (Å²) in [4.78, 5) is 5.55. The summed E-state index contributed by atoms with van der Waals surface area (Å²) < 4.78 is 41.8. The molecule has 27 heavy (non-hydrogen) atoms. The van der Waals surface area contributed by atoms with Gasteiger partial charge in [-0.25, -0.2) is 12.8 Å². The van der Waals surface area contributed by atoms with Crippen molar-refractivity contribution in [2.75, 3.05) is 13.1 Å². The van der Waals surface area contributed by atoms with Crippen molar-refractivity contribution in [3.8, 4) is 0 Å². The highest BCUT2D eigenvalue weighted by Gasteiger charge is 2.48. The first-order chi connectivity index (χ1) is 12.8. The van der Waals surface area contributed by atoms with Gasteiger partial charge in [-0.15, -0.1) is 0 Å². The van der Waals surface area contributed by atoms with Gasteiger partial charge in [0.15, 0.2) is 6.10 Å². The van der Waals surface area contributed by atoms with Crippen LogP contribution in [0.3, 0.4) is 0 Å². The van der Waals surface area contributed by atoms with Gasteiger partial charge in [0, 0.05) is 11.6 Å². The molecule has 1 saturated heterocycles. The lowest BCUT2D eigenvalue weighted by Gasteiger charge is -2.19. The normalized spacial score (nSPS) is 22.4. The molecule has 142 valence electrons. The van der Waals surface area contributed by atoms with Crippen LogP contribution in [-0.2, 0) is 14.9 Å². The van der Waals surface area contributed by atoms with Crippen LogP contribution in [0.15, 0.2) is 46.4 Å². The highest BCUT2D eigenvalue weighted by atomic mass is 35.5. The van der Waals surface area contributed by atoms with Crippen molar-refractivity contribution in [2.45, 2.75) is 17.9 Å². The fraction of sp³-hybridized carbons (Fsp3) is 0.278. The van der Waals surface area contributed by atoms with E-state index >= 15 is 0 Å². The minimum Gasteiger partial charge on any atom is -0.390 e. The predicted octanol–water partition coefficient (Wildman–Crippen LogP) is 3.86. The Kier molecular flexibility index (Phi) is 4.66. The lowest BCUT2D eigenvalue weighted by Crippen LogP contribution is -2.31. The maximum atomic E-state index is 14.3. The maximum absolute atomic E-state index is 14.3. The summed E-state index contributed by atoms with van der Waals surface area (Å²) >= 11 is 12.2. The van der Waals surface area contributed by atoms with E-state index in [2.05, 4.69) is 5.16 Å². The zero-order valence-electron chi connectivity index (χ0n) is 14.2. The number of rotatable bonds is 3.